The zero-order chi connectivity index (χ0) is 29.5. The molecule has 1 saturated carbocycles. The molecule has 2 rings (SSSR count). The molecule has 1 heterocycles. The number of amides is 4. The summed E-state index contributed by atoms with van der Waals surface area (Å²) in [6.45, 7) is 4.23. The lowest BCUT2D eigenvalue weighted by atomic mass is 9.79. The number of nitrogens with zero attached hydrogens (tertiary/aromatic N) is 1. The summed E-state index contributed by atoms with van der Waals surface area (Å²) in [6, 6.07) is 0. The predicted molar refractivity (Wildman–Crippen MR) is 148 cm³/mol. The highest BCUT2D eigenvalue weighted by Crippen LogP contribution is 2.33. The van der Waals surface area contributed by atoms with E-state index in [1.807, 2.05) is 13.8 Å². The molecule has 40 heavy (non-hydrogen) atoms. The van der Waals surface area contributed by atoms with Crippen LogP contribution < -0.4 is 10.6 Å². The van der Waals surface area contributed by atoms with Gasteiger partial charge in [0.25, 0.3) is 0 Å². The van der Waals surface area contributed by atoms with E-state index in [4.69, 9.17) is 14.2 Å². The molecule has 0 aromatic rings. The van der Waals surface area contributed by atoms with E-state index in [2.05, 4.69) is 10.6 Å². The second-order valence-electron chi connectivity index (χ2n) is 10.1. The van der Waals surface area contributed by atoms with E-state index in [0.717, 1.165) is 25.7 Å². The van der Waals surface area contributed by atoms with Gasteiger partial charge in [0.15, 0.2) is 6.29 Å². The molecular formula is C27H45N3O9S. The maximum atomic E-state index is 12.8. The van der Waals surface area contributed by atoms with Crippen molar-refractivity contribution < 1.29 is 43.3 Å². The van der Waals surface area contributed by atoms with Crippen LogP contribution in [-0.4, -0.2) is 103 Å². The first kappa shape index (κ1) is 34.0. The van der Waals surface area contributed by atoms with Gasteiger partial charge in [-0.3, -0.25) is 24.1 Å². The number of hydrogen-bond donors (Lipinski definition) is 3. The van der Waals surface area contributed by atoms with Gasteiger partial charge >= 0.3 is 6.09 Å². The summed E-state index contributed by atoms with van der Waals surface area (Å²) < 4.78 is 15.6. The van der Waals surface area contributed by atoms with Gasteiger partial charge in [-0.2, -0.15) is 0 Å². The molecule has 0 bridgehead atoms. The molecule has 3 N–H and O–H groups in total. The molecule has 1 saturated heterocycles. The van der Waals surface area contributed by atoms with Crippen molar-refractivity contribution >= 4 is 41.4 Å². The number of nitrogens with one attached hydrogen (secondary N) is 2. The Balaban J connectivity index is 1.57. The Morgan fingerprint density at radius 3 is 2.45 bits per heavy atom. The van der Waals surface area contributed by atoms with Gasteiger partial charge in [-0.05, 0) is 38.0 Å². The topological polar surface area (TPSA) is 161 Å². The summed E-state index contributed by atoms with van der Waals surface area (Å²) in [7, 11) is 1.40. The third kappa shape index (κ3) is 11.3. The largest absolute Gasteiger partial charge is 0.444 e. The second kappa shape index (κ2) is 18.3. The van der Waals surface area contributed by atoms with Crippen LogP contribution in [0.15, 0.2) is 0 Å². The molecule has 0 radical (unpaired) electrons. The minimum Gasteiger partial charge on any atom is -0.444 e. The third-order valence-corrected chi connectivity index (χ3v) is 8.49. The van der Waals surface area contributed by atoms with Crippen LogP contribution in [0.5, 0.6) is 0 Å². The van der Waals surface area contributed by atoms with Gasteiger partial charge in [0.05, 0.1) is 18.0 Å². The summed E-state index contributed by atoms with van der Waals surface area (Å²) in [6.07, 6.45) is 2.78. The molecule has 2 aliphatic rings. The van der Waals surface area contributed by atoms with Gasteiger partial charge < -0.3 is 30.0 Å². The van der Waals surface area contributed by atoms with Crippen LogP contribution in [0.3, 0.4) is 0 Å². The number of imide groups is 1. The van der Waals surface area contributed by atoms with Crippen molar-refractivity contribution in [1.82, 2.24) is 15.5 Å². The van der Waals surface area contributed by atoms with E-state index in [-0.39, 0.29) is 62.2 Å². The van der Waals surface area contributed by atoms with Crippen molar-refractivity contribution in [2.24, 2.45) is 11.8 Å². The fourth-order valence-electron chi connectivity index (χ4n) is 4.79. The highest BCUT2D eigenvalue weighted by Gasteiger charge is 2.40. The minimum absolute atomic E-state index is 0.0487. The van der Waals surface area contributed by atoms with E-state index >= 15 is 0 Å². The number of carbonyl (C=O) groups excluding carboxylic acids is 5. The van der Waals surface area contributed by atoms with Crippen LogP contribution in [0.25, 0.3) is 0 Å². The first-order valence-electron chi connectivity index (χ1n) is 14.2. The number of likely N-dealkylation sites (tertiary alicyclic amines) is 1. The van der Waals surface area contributed by atoms with Crippen molar-refractivity contribution in [3.8, 4) is 0 Å². The average Bonchev–Trinajstić information content (AvgIpc) is 3.22. The molecule has 3 unspecified atom stereocenters. The van der Waals surface area contributed by atoms with Crippen molar-refractivity contribution in [1.29, 1.82) is 0 Å². The summed E-state index contributed by atoms with van der Waals surface area (Å²) in [5, 5.41) is 14.0. The second-order valence-corrected chi connectivity index (χ2v) is 11.4. The van der Waals surface area contributed by atoms with Crippen LogP contribution in [-0.2, 0) is 33.4 Å². The standard InChI is InChI=1S/C27H45N3O9S/c1-4-20(16-31)39-25(37-3)17-38-27(36)29-11-10-23(33)28-12-13-40-22-14-24(34)30(26(22)35)15-18-6-8-19(9-7-18)21(32)5-2/h18-20,22,25,31H,4-17H2,1-3H3,(H,28,33)(H,29,36). The van der Waals surface area contributed by atoms with Gasteiger partial charge in [0, 0.05) is 57.7 Å². The first-order chi connectivity index (χ1) is 19.2. The fraction of sp³-hybridized carbons (Fsp3) is 0.815. The van der Waals surface area contributed by atoms with E-state index in [0.29, 0.717) is 37.5 Å². The lowest BCUT2D eigenvalue weighted by Gasteiger charge is -2.30. The van der Waals surface area contributed by atoms with Crippen LogP contribution in [0, 0.1) is 11.8 Å². The monoisotopic (exact) mass is 587 g/mol. The number of ketones is 1. The average molecular weight is 588 g/mol. The number of hydrogen-bond acceptors (Lipinski definition) is 10. The number of carbonyl (C=O) groups is 5. The summed E-state index contributed by atoms with van der Waals surface area (Å²) in [5.41, 5.74) is 0. The number of aliphatic hydroxyl groups is 1. The van der Waals surface area contributed by atoms with E-state index < -0.39 is 23.7 Å². The van der Waals surface area contributed by atoms with Gasteiger partial charge in [-0.25, -0.2) is 4.79 Å². The van der Waals surface area contributed by atoms with E-state index in [1.54, 1.807) is 0 Å². The van der Waals surface area contributed by atoms with Crippen molar-refractivity contribution in [3.63, 3.8) is 0 Å². The Labute approximate surface area is 240 Å². The van der Waals surface area contributed by atoms with Crippen LogP contribution >= 0.6 is 11.8 Å². The normalized spacial score (nSPS) is 22.6. The minimum atomic E-state index is -0.810. The molecule has 0 aromatic heterocycles. The molecular weight excluding hydrogens is 542 g/mol. The molecule has 1 aliphatic heterocycles. The zero-order valence-corrected chi connectivity index (χ0v) is 24.7. The van der Waals surface area contributed by atoms with E-state index in [1.165, 1.54) is 23.8 Å². The number of methoxy groups -OCH3 is 1. The van der Waals surface area contributed by atoms with Gasteiger partial charge in [0.2, 0.25) is 17.7 Å². The molecule has 12 nitrogen and oxygen atoms in total. The number of aliphatic hydroxyl groups excluding tert-OH is 1. The lowest BCUT2D eigenvalue weighted by Crippen LogP contribution is -2.37. The summed E-state index contributed by atoms with van der Waals surface area (Å²) in [4.78, 5) is 62.5. The number of alkyl carbamates (subject to hydrolysis) is 1. The summed E-state index contributed by atoms with van der Waals surface area (Å²) >= 11 is 1.36. The van der Waals surface area contributed by atoms with Crippen LogP contribution in [0.1, 0.15) is 65.2 Å². The number of Topliss-reactive ketones (excluding diaryl/α,β-unsaturated/α-hetero) is 1. The molecule has 0 spiro atoms. The van der Waals surface area contributed by atoms with Crippen molar-refractivity contribution in [3.05, 3.63) is 0 Å². The Kier molecular flexibility index (Phi) is 15.5. The molecule has 13 heteroatoms. The van der Waals surface area contributed by atoms with Gasteiger partial charge in [0.1, 0.15) is 12.4 Å². The van der Waals surface area contributed by atoms with Gasteiger partial charge in [-0.15, -0.1) is 11.8 Å². The maximum absolute atomic E-state index is 12.8. The van der Waals surface area contributed by atoms with Crippen LogP contribution in [0.2, 0.25) is 0 Å². The zero-order valence-electron chi connectivity index (χ0n) is 23.9. The molecule has 4 amide bonds. The maximum Gasteiger partial charge on any atom is 0.407 e. The summed E-state index contributed by atoms with van der Waals surface area (Å²) in [5.74, 6) is 0.564. The Morgan fingerprint density at radius 1 is 1.10 bits per heavy atom. The Bertz CT molecular complexity index is 847. The smallest absolute Gasteiger partial charge is 0.407 e. The third-order valence-electron chi connectivity index (χ3n) is 7.28. The number of ether oxygens (including phenoxy) is 3. The molecule has 228 valence electrons. The number of thioether (sulfide) groups is 1. The Morgan fingerprint density at radius 2 is 1.82 bits per heavy atom. The molecule has 1 aliphatic carbocycles. The Hall–Kier alpha value is -2.22. The highest BCUT2D eigenvalue weighted by atomic mass is 32.2. The lowest BCUT2D eigenvalue weighted by molar-refractivity contribution is -0.181. The predicted octanol–water partition coefficient (Wildman–Crippen LogP) is 1.63. The molecule has 3 atom stereocenters. The first-order valence-corrected chi connectivity index (χ1v) is 15.2. The van der Waals surface area contributed by atoms with E-state index in [9.17, 15) is 29.1 Å². The number of rotatable bonds is 18. The quantitative estimate of drug-likeness (QED) is 0.122. The van der Waals surface area contributed by atoms with Crippen molar-refractivity contribution in [2.75, 3.05) is 45.7 Å². The highest BCUT2D eigenvalue weighted by molar-refractivity contribution is 8.00. The van der Waals surface area contributed by atoms with Gasteiger partial charge in [-0.1, -0.05) is 13.8 Å². The fourth-order valence-corrected chi connectivity index (χ4v) is 5.82. The molecule has 2 fully saturated rings. The molecule has 0 aromatic carbocycles. The van der Waals surface area contributed by atoms with Crippen molar-refractivity contribution in [2.45, 2.75) is 82.9 Å². The SMILES string of the molecule is CCC(=O)C1CCC(CN2C(=O)CC(SCCNC(=O)CCNC(=O)OCC(OC)OC(CC)CO)C2=O)CC1. The van der Waals surface area contributed by atoms with Crippen LogP contribution in [0.4, 0.5) is 4.79 Å².